The lowest BCUT2D eigenvalue weighted by atomic mass is 9.85. The molecule has 0 amide bonds. The minimum atomic E-state index is 0.352. The Kier molecular flexibility index (Phi) is 3.73. The molecule has 13 heavy (non-hydrogen) atoms. The fourth-order valence-electron chi connectivity index (χ4n) is 2.26. The first-order valence-corrected chi connectivity index (χ1v) is 5.19. The maximum atomic E-state index is 5.92. The maximum absolute atomic E-state index is 5.92. The highest BCUT2D eigenvalue weighted by Gasteiger charge is 2.38. The highest BCUT2D eigenvalue weighted by atomic mass is 16.5. The Morgan fingerprint density at radius 2 is 1.38 bits per heavy atom. The molecule has 1 rings (SSSR count). The zero-order valence-electron chi connectivity index (χ0n) is 8.70. The predicted octanol–water partition coefficient (Wildman–Crippen LogP) is 3.18. The smallest absolute Gasteiger partial charge is 0.0645 e. The van der Waals surface area contributed by atoms with E-state index in [1.807, 2.05) is 12.2 Å². The van der Waals surface area contributed by atoms with E-state index in [1.54, 1.807) is 0 Å². The van der Waals surface area contributed by atoms with E-state index in [0.29, 0.717) is 24.0 Å². The lowest BCUT2D eigenvalue weighted by molar-refractivity contribution is 0.0308. The molecule has 0 bridgehead atoms. The molecule has 0 N–H and O–H groups in total. The van der Waals surface area contributed by atoms with Crippen molar-refractivity contribution in [1.82, 2.24) is 0 Å². The van der Waals surface area contributed by atoms with E-state index >= 15 is 0 Å². The van der Waals surface area contributed by atoms with Gasteiger partial charge in [0.05, 0.1) is 12.2 Å². The van der Waals surface area contributed by atoms with Crippen LogP contribution in [0, 0.1) is 11.8 Å². The van der Waals surface area contributed by atoms with Crippen LogP contribution in [0.25, 0.3) is 0 Å². The molecule has 1 aliphatic rings. The largest absolute Gasteiger partial charge is 0.374 e. The SMILES string of the molecule is C=CC1C(CC)OC(CC)C1C=C. The monoisotopic (exact) mass is 180 g/mol. The van der Waals surface area contributed by atoms with E-state index in [4.69, 9.17) is 4.74 Å². The molecule has 0 aromatic carbocycles. The summed E-state index contributed by atoms with van der Waals surface area (Å²) in [5, 5.41) is 0. The minimum Gasteiger partial charge on any atom is -0.374 e. The third-order valence-electron chi connectivity index (χ3n) is 3.00. The number of ether oxygens (including phenoxy) is 1. The van der Waals surface area contributed by atoms with Crippen molar-refractivity contribution in [2.45, 2.75) is 38.9 Å². The van der Waals surface area contributed by atoms with Gasteiger partial charge in [-0.3, -0.25) is 0 Å². The second kappa shape index (κ2) is 4.61. The van der Waals surface area contributed by atoms with Crippen molar-refractivity contribution in [3.63, 3.8) is 0 Å². The molecule has 1 saturated heterocycles. The Morgan fingerprint density at radius 1 is 1.00 bits per heavy atom. The van der Waals surface area contributed by atoms with Gasteiger partial charge in [0.25, 0.3) is 0 Å². The molecule has 0 radical (unpaired) electrons. The quantitative estimate of drug-likeness (QED) is 0.604. The van der Waals surface area contributed by atoms with Crippen molar-refractivity contribution in [3.05, 3.63) is 25.3 Å². The summed E-state index contributed by atoms with van der Waals surface area (Å²) >= 11 is 0. The van der Waals surface area contributed by atoms with Gasteiger partial charge in [0, 0.05) is 11.8 Å². The molecule has 4 atom stereocenters. The van der Waals surface area contributed by atoms with Gasteiger partial charge in [-0.25, -0.2) is 0 Å². The van der Waals surface area contributed by atoms with Gasteiger partial charge in [0.15, 0.2) is 0 Å². The average molecular weight is 180 g/mol. The Morgan fingerprint density at radius 3 is 1.62 bits per heavy atom. The van der Waals surface area contributed by atoms with Crippen molar-refractivity contribution >= 4 is 0 Å². The zero-order chi connectivity index (χ0) is 9.84. The molecule has 1 heterocycles. The lowest BCUT2D eigenvalue weighted by Gasteiger charge is -2.15. The van der Waals surface area contributed by atoms with Crippen molar-refractivity contribution in [2.24, 2.45) is 11.8 Å². The summed E-state index contributed by atoms with van der Waals surface area (Å²) in [4.78, 5) is 0. The molecule has 74 valence electrons. The molecule has 0 saturated carbocycles. The second-order valence-electron chi connectivity index (χ2n) is 3.66. The Balaban J connectivity index is 2.76. The van der Waals surface area contributed by atoms with Crippen molar-refractivity contribution in [3.8, 4) is 0 Å². The van der Waals surface area contributed by atoms with Crippen molar-refractivity contribution in [2.75, 3.05) is 0 Å². The Labute approximate surface area is 81.5 Å². The summed E-state index contributed by atoms with van der Waals surface area (Å²) in [6, 6.07) is 0. The molecule has 1 aliphatic heterocycles. The van der Waals surface area contributed by atoms with Crippen LogP contribution in [0.15, 0.2) is 25.3 Å². The first kappa shape index (κ1) is 10.5. The summed E-state index contributed by atoms with van der Waals surface area (Å²) in [6.07, 6.45) is 6.89. The lowest BCUT2D eigenvalue weighted by Crippen LogP contribution is -2.17. The molecule has 1 fully saturated rings. The van der Waals surface area contributed by atoms with Crippen LogP contribution in [0.4, 0.5) is 0 Å². The van der Waals surface area contributed by atoms with E-state index in [0.717, 1.165) is 12.8 Å². The molecule has 0 aromatic heterocycles. The van der Waals surface area contributed by atoms with Gasteiger partial charge < -0.3 is 4.74 Å². The standard InChI is InChI=1S/C12H20O/c1-5-9-10(6-2)12(8-4)13-11(9)7-3/h5-6,9-12H,1-2,7-8H2,3-4H3. The van der Waals surface area contributed by atoms with Crippen LogP contribution in [0.1, 0.15) is 26.7 Å². The fraction of sp³-hybridized carbons (Fsp3) is 0.667. The molecule has 0 aromatic rings. The molecule has 0 aliphatic carbocycles. The summed E-state index contributed by atoms with van der Waals surface area (Å²) in [6.45, 7) is 12.1. The Hall–Kier alpha value is -0.560. The molecule has 0 spiro atoms. The summed E-state index contributed by atoms with van der Waals surface area (Å²) < 4.78 is 5.92. The molecule has 1 heteroatoms. The first-order valence-electron chi connectivity index (χ1n) is 5.19. The van der Waals surface area contributed by atoms with Gasteiger partial charge in [-0.05, 0) is 12.8 Å². The van der Waals surface area contributed by atoms with E-state index in [2.05, 4.69) is 27.0 Å². The number of rotatable bonds is 4. The van der Waals surface area contributed by atoms with Crippen molar-refractivity contribution in [1.29, 1.82) is 0 Å². The van der Waals surface area contributed by atoms with E-state index < -0.39 is 0 Å². The summed E-state index contributed by atoms with van der Waals surface area (Å²) in [5.41, 5.74) is 0. The van der Waals surface area contributed by atoms with Crippen molar-refractivity contribution < 1.29 is 4.74 Å². The van der Waals surface area contributed by atoms with E-state index in [1.165, 1.54) is 0 Å². The number of hydrogen-bond acceptors (Lipinski definition) is 1. The zero-order valence-corrected chi connectivity index (χ0v) is 8.70. The van der Waals surface area contributed by atoms with Gasteiger partial charge in [0.2, 0.25) is 0 Å². The Bertz CT molecular complexity index is 166. The molecular formula is C12H20O. The van der Waals surface area contributed by atoms with Gasteiger partial charge in [-0.2, -0.15) is 0 Å². The highest BCUT2D eigenvalue weighted by molar-refractivity contribution is 5.04. The van der Waals surface area contributed by atoms with Gasteiger partial charge in [-0.1, -0.05) is 26.0 Å². The minimum absolute atomic E-state index is 0.352. The average Bonchev–Trinajstić information content (AvgIpc) is 2.54. The topological polar surface area (TPSA) is 9.23 Å². The highest BCUT2D eigenvalue weighted by Crippen LogP contribution is 2.37. The summed E-state index contributed by atoms with van der Waals surface area (Å²) in [5.74, 6) is 0.930. The van der Waals surface area contributed by atoms with E-state index in [9.17, 15) is 0 Å². The molecular weight excluding hydrogens is 160 g/mol. The van der Waals surface area contributed by atoms with Crippen LogP contribution in [-0.4, -0.2) is 12.2 Å². The van der Waals surface area contributed by atoms with Crippen LogP contribution < -0.4 is 0 Å². The maximum Gasteiger partial charge on any atom is 0.0645 e. The fourth-order valence-corrected chi connectivity index (χ4v) is 2.26. The van der Waals surface area contributed by atoms with Gasteiger partial charge >= 0.3 is 0 Å². The van der Waals surface area contributed by atoms with Gasteiger partial charge in [-0.15, -0.1) is 13.2 Å². The van der Waals surface area contributed by atoms with Crippen LogP contribution in [0.2, 0.25) is 0 Å². The third-order valence-corrected chi connectivity index (χ3v) is 3.00. The second-order valence-corrected chi connectivity index (χ2v) is 3.66. The van der Waals surface area contributed by atoms with Crippen LogP contribution in [0.5, 0.6) is 0 Å². The van der Waals surface area contributed by atoms with Gasteiger partial charge in [0.1, 0.15) is 0 Å². The first-order chi connectivity index (χ1) is 6.28. The molecule has 4 unspecified atom stereocenters. The third kappa shape index (κ3) is 1.86. The summed E-state index contributed by atoms with van der Waals surface area (Å²) in [7, 11) is 0. The molecule has 1 nitrogen and oxygen atoms in total. The predicted molar refractivity (Wildman–Crippen MR) is 56.6 cm³/mol. The number of hydrogen-bond donors (Lipinski definition) is 0. The van der Waals surface area contributed by atoms with Crippen LogP contribution in [-0.2, 0) is 4.74 Å². The van der Waals surface area contributed by atoms with Crippen LogP contribution >= 0.6 is 0 Å². The van der Waals surface area contributed by atoms with E-state index in [-0.39, 0.29) is 0 Å². The normalized spacial score (nSPS) is 38.9. The van der Waals surface area contributed by atoms with Crippen LogP contribution in [0.3, 0.4) is 0 Å².